The standard InChI is InChI=1S/C13H13ClFNO/c1-2-11(16)13-6-5-12(17-13)8-3-4-9(14)10(15)7-8/h3-7,11H,2,16H2,1H3. The fourth-order valence-electron chi connectivity index (χ4n) is 1.56. The molecule has 0 fully saturated rings. The summed E-state index contributed by atoms with van der Waals surface area (Å²) in [5.41, 5.74) is 6.50. The fourth-order valence-corrected chi connectivity index (χ4v) is 1.68. The summed E-state index contributed by atoms with van der Waals surface area (Å²) in [6.45, 7) is 1.98. The Balaban J connectivity index is 2.33. The number of benzene rings is 1. The van der Waals surface area contributed by atoms with Crippen molar-refractivity contribution in [1.29, 1.82) is 0 Å². The summed E-state index contributed by atoms with van der Waals surface area (Å²) in [5, 5.41) is 0.103. The minimum Gasteiger partial charge on any atom is -0.459 e. The van der Waals surface area contributed by atoms with Crippen molar-refractivity contribution in [3.63, 3.8) is 0 Å². The molecule has 0 amide bonds. The molecule has 0 aliphatic heterocycles. The summed E-state index contributed by atoms with van der Waals surface area (Å²) >= 11 is 5.62. The van der Waals surface area contributed by atoms with E-state index >= 15 is 0 Å². The van der Waals surface area contributed by atoms with Crippen LogP contribution in [0.2, 0.25) is 5.02 Å². The zero-order chi connectivity index (χ0) is 12.4. The number of hydrogen-bond acceptors (Lipinski definition) is 2. The average molecular weight is 254 g/mol. The first-order chi connectivity index (χ1) is 8.11. The highest BCUT2D eigenvalue weighted by Crippen LogP contribution is 2.28. The number of hydrogen-bond donors (Lipinski definition) is 1. The van der Waals surface area contributed by atoms with Crippen LogP contribution in [-0.2, 0) is 0 Å². The van der Waals surface area contributed by atoms with Crippen LogP contribution in [0.4, 0.5) is 4.39 Å². The first kappa shape index (κ1) is 12.1. The van der Waals surface area contributed by atoms with Gasteiger partial charge in [-0.05, 0) is 36.8 Å². The molecule has 90 valence electrons. The van der Waals surface area contributed by atoms with Gasteiger partial charge in [0, 0.05) is 5.56 Å². The highest BCUT2D eigenvalue weighted by molar-refractivity contribution is 6.30. The van der Waals surface area contributed by atoms with Crippen molar-refractivity contribution in [1.82, 2.24) is 0 Å². The second-order valence-electron chi connectivity index (χ2n) is 3.85. The van der Waals surface area contributed by atoms with Crippen molar-refractivity contribution >= 4 is 11.6 Å². The van der Waals surface area contributed by atoms with Gasteiger partial charge in [-0.3, -0.25) is 0 Å². The monoisotopic (exact) mass is 253 g/mol. The summed E-state index contributed by atoms with van der Waals surface area (Å²) in [7, 11) is 0. The van der Waals surface area contributed by atoms with E-state index in [-0.39, 0.29) is 11.1 Å². The van der Waals surface area contributed by atoms with Crippen LogP contribution in [0.5, 0.6) is 0 Å². The lowest BCUT2D eigenvalue weighted by Crippen LogP contribution is -2.06. The SMILES string of the molecule is CCC(N)c1ccc(-c2ccc(Cl)c(F)c2)o1. The van der Waals surface area contributed by atoms with Crippen molar-refractivity contribution in [3.8, 4) is 11.3 Å². The molecule has 2 aromatic rings. The van der Waals surface area contributed by atoms with E-state index in [0.717, 1.165) is 6.42 Å². The van der Waals surface area contributed by atoms with Gasteiger partial charge in [-0.1, -0.05) is 18.5 Å². The van der Waals surface area contributed by atoms with E-state index < -0.39 is 5.82 Å². The molecule has 1 aromatic heterocycles. The minimum absolute atomic E-state index is 0.103. The maximum absolute atomic E-state index is 13.3. The Morgan fingerprint density at radius 1 is 1.35 bits per heavy atom. The predicted molar refractivity (Wildman–Crippen MR) is 66.3 cm³/mol. The first-order valence-corrected chi connectivity index (χ1v) is 5.80. The van der Waals surface area contributed by atoms with Crippen LogP contribution in [0.25, 0.3) is 11.3 Å². The summed E-state index contributed by atoms with van der Waals surface area (Å²) in [6.07, 6.45) is 0.794. The summed E-state index contributed by atoms with van der Waals surface area (Å²) in [4.78, 5) is 0. The molecule has 2 rings (SSSR count). The average Bonchev–Trinajstić information content (AvgIpc) is 2.81. The van der Waals surface area contributed by atoms with Gasteiger partial charge in [0.15, 0.2) is 0 Å². The quantitative estimate of drug-likeness (QED) is 0.893. The molecule has 0 bridgehead atoms. The first-order valence-electron chi connectivity index (χ1n) is 5.42. The lowest BCUT2D eigenvalue weighted by molar-refractivity contribution is 0.470. The van der Waals surface area contributed by atoms with Gasteiger partial charge in [0.2, 0.25) is 0 Å². The van der Waals surface area contributed by atoms with Crippen molar-refractivity contribution in [3.05, 3.63) is 46.9 Å². The number of halogens is 2. The molecule has 1 aromatic carbocycles. The molecular weight excluding hydrogens is 241 g/mol. The molecule has 1 unspecified atom stereocenters. The molecule has 1 atom stereocenters. The Kier molecular flexibility index (Phi) is 3.50. The molecule has 2 N–H and O–H groups in total. The van der Waals surface area contributed by atoms with Gasteiger partial charge in [-0.15, -0.1) is 0 Å². The fraction of sp³-hybridized carbons (Fsp3) is 0.231. The van der Waals surface area contributed by atoms with Crippen LogP contribution >= 0.6 is 11.6 Å². The van der Waals surface area contributed by atoms with E-state index in [2.05, 4.69) is 0 Å². The van der Waals surface area contributed by atoms with Crippen LogP contribution in [0.15, 0.2) is 34.7 Å². The Hall–Kier alpha value is -1.32. The molecule has 0 radical (unpaired) electrons. The van der Waals surface area contributed by atoms with Gasteiger partial charge in [-0.25, -0.2) is 4.39 Å². The number of nitrogens with two attached hydrogens (primary N) is 1. The van der Waals surface area contributed by atoms with Gasteiger partial charge in [-0.2, -0.15) is 0 Å². The van der Waals surface area contributed by atoms with E-state index in [4.69, 9.17) is 21.8 Å². The molecule has 0 aliphatic carbocycles. The Labute approximate surface area is 104 Å². The Bertz CT molecular complexity index is 524. The van der Waals surface area contributed by atoms with E-state index in [0.29, 0.717) is 17.1 Å². The molecule has 2 nitrogen and oxygen atoms in total. The molecule has 17 heavy (non-hydrogen) atoms. The van der Waals surface area contributed by atoms with E-state index in [9.17, 15) is 4.39 Å². The number of rotatable bonds is 3. The van der Waals surface area contributed by atoms with Crippen molar-refractivity contribution in [2.45, 2.75) is 19.4 Å². The van der Waals surface area contributed by atoms with Crippen LogP contribution in [0.3, 0.4) is 0 Å². The molecule has 1 heterocycles. The third-order valence-electron chi connectivity index (χ3n) is 2.64. The van der Waals surface area contributed by atoms with Gasteiger partial charge >= 0.3 is 0 Å². The third-order valence-corrected chi connectivity index (χ3v) is 2.94. The van der Waals surface area contributed by atoms with Gasteiger partial charge < -0.3 is 10.2 Å². The smallest absolute Gasteiger partial charge is 0.142 e. The van der Waals surface area contributed by atoms with Crippen molar-refractivity contribution in [2.24, 2.45) is 5.73 Å². The predicted octanol–water partition coefficient (Wildman–Crippen LogP) is 4.15. The van der Waals surface area contributed by atoms with Gasteiger partial charge in [0.1, 0.15) is 17.3 Å². The van der Waals surface area contributed by atoms with Gasteiger partial charge in [0.25, 0.3) is 0 Å². The Morgan fingerprint density at radius 3 is 2.76 bits per heavy atom. The van der Waals surface area contributed by atoms with Crippen molar-refractivity contribution < 1.29 is 8.81 Å². The summed E-state index contributed by atoms with van der Waals surface area (Å²) in [6, 6.07) is 8.05. The van der Waals surface area contributed by atoms with Crippen molar-refractivity contribution in [2.75, 3.05) is 0 Å². The zero-order valence-electron chi connectivity index (χ0n) is 9.41. The lowest BCUT2D eigenvalue weighted by Gasteiger charge is -2.04. The highest BCUT2D eigenvalue weighted by atomic mass is 35.5. The molecule has 0 aliphatic rings. The minimum atomic E-state index is -0.457. The van der Waals surface area contributed by atoms with Crippen LogP contribution < -0.4 is 5.73 Å². The second-order valence-corrected chi connectivity index (χ2v) is 4.25. The number of furan rings is 1. The molecular formula is C13H13ClFNO. The van der Waals surface area contributed by atoms with Crippen LogP contribution in [0.1, 0.15) is 25.1 Å². The third kappa shape index (κ3) is 2.51. The topological polar surface area (TPSA) is 39.2 Å². The maximum Gasteiger partial charge on any atom is 0.142 e. The molecule has 0 spiro atoms. The molecule has 0 saturated heterocycles. The molecule has 0 saturated carbocycles. The van der Waals surface area contributed by atoms with E-state index in [1.807, 2.05) is 13.0 Å². The molecule has 4 heteroatoms. The largest absolute Gasteiger partial charge is 0.459 e. The Morgan fingerprint density at radius 2 is 2.12 bits per heavy atom. The van der Waals surface area contributed by atoms with Crippen LogP contribution in [-0.4, -0.2) is 0 Å². The lowest BCUT2D eigenvalue weighted by atomic mass is 10.1. The maximum atomic E-state index is 13.3. The van der Waals surface area contributed by atoms with Crippen LogP contribution in [0, 0.1) is 5.82 Å². The van der Waals surface area contributed by atoms with Gasteiger partial charge in [0.05, 0.1) is 11.1 Å². The van der Waals surface area contributed by atoms with E-state index in [1.54, 1.807) is 12.1 Å². The zero-order valence-corrected chi connectivity index (χ0v) is 10.2. The summed E-state index contributed by atoms with van der Waals surface area (Å²) < 4.78 is 18.9. The van der Waals surface area contributed by atoms with E-state index in [1.165, 1.54) is 12.1 Å². The summed E-state index contributed by atoms with van der Waals surface area (Å²) in [5.74, 6) is 0.847. The normalized spacial score (nSPS) is 12.7. The second kappa shape index (κ2) is 4.90. The highest BCUT2D eigenvalue weighted by Gasteiger charge is 2.11.